The first-order valence-corrected chi connectivity index (χ1v) is 4.95. The number of halogens is 1. The van der Waals surface area contributed by atoms with Gasteiger partial charge in [-0.25, -0.2) is 0 Å². The molecule has 1 rings (SSSR count). The van der Waals surface area contributed by atoms with E-state index in [-0.39, 0.29) is 0 Å². The molecule has 12 heavy (non-hydrogen) atoms. The molecule has 0 aromatic carbocycles. The molecular weight excluding hydrogens is 261 g/mol. The third-order valence-corrected chi connectivity index (χ3v) is 2.05. The zero-order valence-electron chi connectivity index (χ0n) is 6.89. The van der Waals surface area contributed by atoms with Gasteiger partial charge in [0.15, 0.2) is 0 Å². The van der Waals surface area contributed by atoms with Crippen LogP contribution in [-0.2, 0) is 0 Å². The molecule has 0 atom stereocenters. The molecule has 1 nitrogen and oxygen atoms in total. The summed E-state index contributed by atoms with van der Waals surface area (Å²) in [5, 5.41) is 0. The number of allylic oxidation sites excluding steroid dienone is 6. The van der Waals surface area contributed by atoms with Gasteiger partial charge in [-0.15, -0.1) is 0 Å². The quantitative estimate of drug-likeness (QED) is 0.467. The van der Waals surface area contributed by atoms with Crippen molar-refractivity contribution in [3.8, 4) is 0 Å². The van der Waals surface area contributed by atoms with E-state index in [0.29, 0.717) is 0 Å². The summed E-state index contributed by atoms with van der Waals surface area (Å²) in [6.07, 6.45) is 10.4. The van der Waals surface area contributed by atoms with Gasteiger partial charge in [-0.05, 0) is 52.7 Å². The van der Waals surface area contributed by atoms with Crippen molar-refractivity contribution in [3.05, 3.63) is 45.7 Å². The van der Waals surface area contributed by atoms with E-state index in [2.05, 4.69) is 47.4 Å². The molecule has 1 aliphatic rings. The molecule has 0 unspecified atom stereocenters. The van der Waals surface area contributed by atoms with Crippen LogP contribution in [0.1, 0.15) is 12.8 Å². The monoisotopic (exact) mass is 273 g/mol. The molecule has 0 aliphatic heterocycles. The average Bonchev–Trinajstić information content (AvgIpc) is 2.05. The second kappa shape index (κ2) is 4.50. The Bertz CT molecular complexity index is 268. The number of nitrogens with two attached hydrogens (primary N) is 1. The summed E-state index contributed by atoms with van der Waals surface area (Å²) in [7, 11) is 0. The molecule has 0 radical (unpaired) electrons. The lowest BCUT2D eigenvalue weighted by atomic mass is 9.98. The molecule has 0 saturated heterocycles. The van der Waals surface area contributed by atoms with E-state index in [4.69, 9.17) is 5.73 Å². The molecule has 0 aromatic heterocycles. The molecule has 0 spiro atoms. The Kier molecular flexibility index (Phi) is 3.59. The van der Waals surface area contributed by atoms with Crippen LogP contribution in [0.3, 0.4) is 0 Å². The molecule has 0 fully saturated rings. The predicted molar refractivity (Wildman–Crippen MR) is 61.9 cm³/mol. The van der Waals surface area contributed by atoms with E-state index < -0.39 is 0 Å². The van der Waals surface area contributed by atoms with Gasteiger partial charge in [0, 0.05) is 0 Å². The SMILES string of the molecule is C=C(/C=C(/N)I)C1=CC=CCC1. The van der Waals surface area contributed by atoms with E-state index in [0.717, 1.165) is 22.1 Å². The first kappa shape index (κ1) is 9.58. The molecule has 2 heteroatoms. The average molecular weight is 273 g/mol. The van der Waals surface area contributed by atoms with Crippen LogP contribution in [0.5, 0.6) is 0 Å². The second-order valence-electron chi connectivity index (χ2n) is 2.71. The normalized spacial score (nSPS) is 17.4. The maximum atomic E-state index is 5.54. The predicted octanol–water partition coefficient (Wildman–Crippen LogP) is 3.05. The standard InChI is InChI=1S/C10H12IN/c1-8(7-10(11)12)9-5-3-2-4-6-9/h2-3,5,7H,1,4,6,12H2/b10-7+. The van der Waals surface area contributed by atoms with Crippen molar-refractivity contribution >= 4 is 22.6 Å². The maximum Gasteiger partial charge on any atom is 0.0711 e. The van der Waals surface area contributed by atoms with Gasteiger partial charge in [-0.3, -0.25) is 0 Å². The van der Waals surface area contributed by atoms with Crippen molar-refractivity contribution < 1.29 is 0 Å². The highest BCUT2D eigenvalue weighted by molar-refractivity contribution is 14.1. The van der Waals surface area contributed by atoms with E-state index in [1.54, 1.807) is 0 Å². The lowest BCUT2D eigenvalue weighted by molar-refractivity contribution is 0.979. The van der Waals surface area contributed by atoms with Crippen LogP contribution >= 0.6 is 22.6 Å². The molecular formula is C10H12IN. The Hall–Kier alpha value is -0.510. The zero-order valence-corrected chi connectivity index (χ0v) is 9.04. The molecule has 0 bridgehead atoms. The van der Waals surface area contributed by atoms with Crippen LogP contribution in [-0.4, -0.2) is 0 Å². The van der Waals surface area contributed by atoms with Crippen LogP contribution in [0.2, 0.25) is 0 Å². The Labute approximate surface area is 86.9 Å². The van der Waals surface area contributed by atoms with E-state index in [9.17, 15) is 0 Å². The third kappa shape index (κ3) is 2.85. The fourth-order valence-corrected chi connectivity index (χ4v) is 1.51. The third-order valence-electron chi connectivity index (χ3n) is 1.74. The number of rotatable bonds is 2. The zero-order chi connectivity index (χ0) is 8.97. The first-order chi connectivity index (χ1) is 5.70. The van der Waals surface area contributed by atoms with Gasteiger partial charge in [0.05, 0.1) is 3.70 Å². The Morgan fingerprint density at radius 2 is 2.42 bits per heavy atom. The van der Waals surface area contributed by atoms with Crippen LogP contribution in [0, 0.1) is 0 Å². The van der Waals surface area contributed by atoms with Crippen molar-refractivity contribution in [2.75, 3.05) is 0 Å². The smallest absolute Gasteiger partial charge is 0.0711 e. The molecule has 64 valence electrons. The van der Waals surface area contributed by atoms with Crippen molar-refractivity contribution in [2.24, 2.45) is 5.73 Å². The van der Waals surface area contributed by atoms with Crippen molar-refractivity contribution in [2.45, 2.75) is 12.8 Å². The summed E-state index contributed by atoms with van der Waals surface area (Å²) in [6, 6.07) is 0. The largest absolute Gasteiger partial charge is 0.394 e. The number of hydrogen-bond donors (Lipinski definition) is 1. The van der Waals surface area contributed by atoms with Crippen LogP contribution < -0.4 is 5.73 Å². The van der Waals surface area contributed by atoms with Crippen LogP contribution in [0.15, 0.2) is 45.7 Å². The van der Waals surface area contributed by atoms with Crippen molar-refractivity contribution in [1.82, 2.24) is 0 Å². The van der Waals surface area contributed by atoms with E-state index in [1.807, 2.05) is 6.08 Å². The van der Waals surface area contributed by atoms with Gasteiger partial charge in [-0.1, -0.05) is 24.8 Å². The lowest BCUT2D eigenvalue weighted by Gasteiger charge is -2.08. The minimum atomic E-state index is 0.785. The minimum Gasteiger partial charge on any atom is -0.394 e. The van der Waals surface area contributed by atoms with Crippen LogP contribution in [0.25, 0.3) is 0 Å². The van der Waals surface area contributed by atoms with Gasteiger partial charge in [0.1, 0.15) is 0 Å². The maximum absolute atomic E-state index is 5.54. The van der Waals surface area contributed by atoms with Crippen LogP contribution in [0.4, 0.5) is 0 Å². The fourth-order valence-electron chi connectivity index (χ4n) is 1.13. The molecule has 1 aliphatic carbocycles. The fraction of sp³-hybridized carbons (Fsp3) is 0.200. The van der Waals surface area contributed by atoms with Gasteiger partial charge < -0.3 is 5.73 Å². The highest BCUT2D eigenvalue weighted by atomic mass is 127. The molecule has 0 saturated carbocycles. The molecule has 2 N–H and O–H groups in total. The Balaban J connectivity index is 2.70. The minimum absolute atomic E-state index is 0.785. The molecule has 0 aromatic rings. The first-order valence-electron chi connectivity index (χ1n) is 3.88. The summed E-state index contributed by atoms with van der Waals surface area (Å²) in [5.74, 6) is 0. The topological polar surface area (TPSA) is 26.0 Å². The van der Waals surface area contributed by atoms with Gasteiger partial charge in [0.2, 0.25) is 0 Å². The van der Waals surface area contributed by atoms with E-state index in [1.165, 1.54) is 5.57 Å². The van der Waals surface area contributed by atoms with Crippen molar-refractivity contribution in [3.63, 3.8) is 0 Å². The highest BCUT2D eigenvalue weighted by Gasteiger charge is 2.01. The summed E-state index contributed by atoms with van der Waals surface area (Å²) >= 11 is 2.09. The van der Waals surface area contributed by atoms with E-state index >= 15 is 0 Å². The van der Waals surface area contributed by atoms with Gasteiger partial charge in [0.25, 0.3) is 0 Å². The molecule has 0 amide bonds. The molecule has 0 heterocycles. The Morgan fingerprint density at radius 3 is 2.92 bits per heavy atom. The number of hydrogen-bond acceptors (Lipinski definition) is 1. The summed E-state index contributed by atoms with van der Waals surface area (Å²) < 4.78 is 0.785. The summed E-state index contributed by atoms with van der Waals surface area (Å²) in [5.41, 5.74) is 7.86. The van der Waals surface area contributed by atoms with Gasteiger partial charge >= 0.3 is 0 Å². The summed E-state index contributed by atoms with van der Waals surface area (Å²) in [6.45, 7) is 3.96. The lowest BCUT2D eigenvalue weighted by Crippen LogP contribution is -1.92. The van der Waals surface area contributed by atoms with Crippen molar-refractivity contribution in [1.29, 1.82) is 0 Å². The highest BCUT2D eigenvalue weighted by Crippen LogP contribution is 2.20. The summed E-state index contributed by atoms with van der Waals surface area (Å²) in [4.78, 5) is 0. The Morgan fingerprint density at radius 1 is 1.67 bits per heavy atom. The second-order valence-corrected chi connectivity index (χ2v) is 3.96. The van der Waals surface area contributed by atoms with Gasteiger partial charge in [-0.2, -0.15) is 0 Å².